The van der Waals surface area contributed by atoms with Gasteiger partial charge in [-0.1, -0.05) is 12.1 Å². The Bertz CT molecular complexity index is 863. The number of aromatic nitrogens is 4. The number of amides is 1. The molecule has 1 aliphatic rings. The van der Waals surface area contributed by atoms with Gasteiger partial charge in [0.1, 0.15) is 6.54 Å². The highest BCUT2D eigenvalue weighted by Crippen LogP contribution is 2.16. The van der Waals surface area contributed by atoms with Crippen molar-refractivity contribution < 1.29 is 9.53 Å². The summed E-state index contributed by atoms with van der Waals surface area (Å²) in [6.45, 7) is 1.77. The van der Waals surface area contributed by atoms with Gasteiger partial charge in [0.2, 0.25) is 5.91 Å². The number of carbonyl (C=O) groups is 1. The van der Waals surface area contributed by atoms with Crippen molar-refractivity contribution in [2.45, 2.75) is 38.5 Å². The minimum absolute atomic E-state index is 0.100. The lowest BCUT2D eigenvalue weighted by Gasteiger charge is -2.22. The van der Waals surface area contributed by atoms with Crippen molar-refractivity contribution in [3.8, 4) is 0 Å². The van der Waals surface area contributed by atoms with Gasteiger partial charge in [0, 0.05) is 12.8 Å². The number of fused-ring (bicyclic) bond motifs is 1. The summed E-state index contributed by atoms with van der Waals surface area (Å²) in [5.74, 6) is -0.100. The first-order valence-electron chi connectivity index (χ1n) is 8.62. The molecule has 1 N–H and O–H groups in total. The lowest BCUT2D eigenvalue weighted by Crippen LogP contribution is -2.24. The number of rotatable bonds is 5. The maximum Gasteiger partial charge on any atom is 0.244 e. The third-order valence-corrected chi connectivity index (χ3v) is 4.42. The van der Waals surface area contributed by atoms with Crippen molar-refractivity contribution in [3.63, 3.8) is 0 Å². The van der Waals surface area contributed by atoms with E-state index in [-0.39, 0.29) is 18.6 Å². The number of nitrogens with zero attached hydrogens (tertiary/aromatic N) is 4. The summed E-state index contributed by atoms with van der Waals surface area (Å²) in [5, 5.41) is 7.20. The Morgan fingerprint density at radius 1 is 1.32 bits per heavy atom. The van der Waals surface area contributed by atoms with Gasteiger partial charge in [0.15, 0.2) is 0 Å². The van der Waals surface area contributed by atoms with Crippen LogP contribution < -0.4 is 5.32 Å². The van der Waals surface area contributed by atoms with E-state index in [0.29, 0.717) is 5.69 Å². The van der Waals surface area contributed by atoms with Crippen LogP contribution in [-0.4, -0.2) is 37.9 Å². The van der Waals surface area contributed by atoms with Crippen LogP contribution in [0.4, 0.5) is 5.69 Å². The molecule has 130 valence electrons. The zero-order valence-corrected chi connectivity index (χ0v) is 14.0. The summed E-state index contributed by atoms with van der Waals surface area (Å²) in [6, 6.07) is 7.76. The second kappa shape index (κ2) is 7.06. The van der Waals surface area contributed by atoms with E-state index in [9.17, 15) is 4.79 Å². The summed E-state index contributed by atoms with van der Waals surface area (Å²) >= 11 is 0. The van der Waals surface area contributed by atoms with Gasteiger partial charge in [0.25, 0.3) is 0 Å². The van der Waals surface area contributed by atoms with Crippen molar-refractivity contribution in [1.82, 2.24) is 19.3 Å². The normalized spacial score (nSPS) is 17.7. The van der Waals surface area contributed by atoms with E-state index in [2.05, 4.69) is 15.4 Å². The summed E-state index contributed by atoms with van der Waals surface area (Å²) < 4.78 is 9.39. The van der Waals surface area contributed by atoms with E-state index >= 15 is 0 Å². The van der Waals surface area contributed by atoms with Gasteiger partial charge in [-0.2, -0.15) is 5.10 Å². The van der Waals surface area contributed by atoms with Crippen LogP contribution in [0.3, 0.4) is 0 Å². The highest BCUT2D eigenvalue weighted by molar-refractivity contribution is 5.91. The highest BCUT2D eigenvalue weighted by atomic mass is 16.5. The third-order valence-electron chi connectivity index (χ3n) is 4.42. The first-order chi connectivity index (χ1) is 12.3. The topological polar surface area (TPSA) is 74.0 Å². The Morgan fingerprint density at radius 2 is 2.24 bits per heavy atom. The van der Waals surface area contributed by atoms with Crippen LogP contribution in [-0.2, 0) is 22.6 Å². The second-order valence-corrected chi connectivity index (χ2v) is 6.35. The Kier molecular flexibility index (Phi) is 4.47. The molecule has 7 heteroatoms. The van der Waals surface area contributed by atoms with Gasteiger partial charge in [0.05, 0.1) is 41.9 Å². The van der Waals surface area contributed by atoms with Crippen molar-refractivity contribution in [2.24, 2.45) is 0 Å². The Labute approximate surface area is 145 Å². The molecule has 2 aromatic heterocycles. The molecule has 1 amide bonds. The van der Waals surface area contributed by atoms with Crippen LogP contribution in [0.2, 0.25) is 0 Å². The minimum Gasteiger partial charge on any atom is -0.376 e. The lowest BCUT2D eigenvalue weighted by atomic mass is 10.1. The van der Waals surface area contributed by atoms with Gasteiger partial charge in [-0.3, -0.25) is 9.48 Å². The summed E-state index contributed by atoms with van der Waals surface area (Å²) in [4.78, 5) is 16.6. The molecule has 25 heavy (non-hydrogen) atoms. The van der Waals surface area contributed by atoms with Gasteiger partial charge < -0.3 is 14.6 Å². The quantitative estimate of drug-likeness (QED) is 0.775. The predicted octanol–water partition coefficient (Wildman–Crippen LogP) is 2.44. The Morgan fingerprint density at radius 3 is 3.12 bits per heavy atom. The number of hydrogen-bond acceptors (Lipinski definition) is 4. The van der Waals surface area contributed by atoms with E-state index < -0.39 is 0 Å². The first-order valence-corrected chi connectivity index (χ1v) is 8.62. The zero-order valence-electron chi connectivity index (χ0n) is 14.0. The van der Waals surface area contributed by atoms with E-state index in [4.69, 9.17) is 4.74 Å². The number of benzene rings is 1. The van der Waals surface area contributed by atoms with Crippen molar-refractivity contribution in [1.29, 1.82) is 0 Å². The minimum atomic E-state index is -0.100. The summed E-state index contributed by atoms with van der Waals surface area (Å²) in [7, 11) is 0. The molecule has 1 saturated heterocycles. The van der Waals surface area contributed by atoms with Crippen LogP contribution in [0, 0.1) is 0 Å². The smallest absolute Gasteiger partial charge is 0.244 e. The number of imidazole rings is 1. The van der Waals surface area contributed by atoms with Gasteiger partial charge >= 0.3 is 0 Å². The number of anilines is 1. The van der Waals surface area contributed by atoms with E-state index in [1.807, 2.05) is 39.7 Å². The SMILES string of the molecule is O=C(Cn1cnc2ccccc21)Nc1cnn(C[C@H]2CCCCO2)c1. The maximum absolute atomic E-state index is 12.3. The standard InChI is InChI=1S/C18H21N5O2/c24-18(12-22-13-19-16-6-1-2-7-17(16)22)21-14-9-20-23(10-14)11-15-5-3-4-8-25-15/h1-2,6-7,9-10,13,15H,3-5,8,11-12H2,(H,21,24)/t15-/m1/s1. The van der Waals surface area contributed by atoms with Crippen LogP contribution >= 0.6 is 0 Å². The maximum atomic E-state index is 12.3. The fourth-order valence-electron chi connectivity index (χ4n) is 3.18. The Hall–Kier alpha value is -2.67. The molecule has 7 nitrogen and oxygen atoms in total. The van der Waals surface area contributed by atoms with Crippen molar-refractivity contribution >= 4 is 22.6 Å². The molecular formula is C18H21N5O2. The van der Waals surface area contributed by atoms with Crippen molar-refractivity contribution in [2.75, 3.05) is 11.9 Å². The monoisotopic (exact) mass is 339 g/mol. The molecular weight excluding hydrogens is 318 g/mol. The van der Waals surface area contributed by atoms with Crippen LogP contribution in [0.1, 0.15) is 19.3 Å². The molecule has 3 heterocycles. The van der Waals surface area contributed by atoms with Crippen molar-refractivity contribution in [3.05, 3.63) is 43.0 Å². The number of nitrogens with one attached hydrogen (secondary N) is 1. The summed E-state index contributed by atoms with van der Waals surface area (Å²) in [6.07, 6.45) is 8.83. The van der Waals surface area contributed by atoms with Crippen LogP contribution in [0.25, 0.3) is 11.0 Å². The third kappa shape index (κ3) is 3.71. The largest absolute Gasteiger partial charge is 0.376 e. The van der Waals surface area contributed by atoms with Crippen LogP contribution in [0.5, 0.6) is 0 Å². The molecule has 0 saturated carbocycles. The fraction of sp³-hybridized carbons (Fsp3) is 0.389. The van der Waals surface area contributed by atoms with Gasteiger partial charge in [-0.25, -0.2) is 4.98 Å². The molecule has 1 aromatic carbocycles. The molecule has 0 radical (unpaired) electrons. The van der Waals surface area contributed by atoms with Gasteiger partial charge in [-0.05, 0) is 31.4 Å². The number of hydrogen-bond donors (Lipinski definition) is 1. The molecule has 1 aliphatic heterocycles. The summed E-state index contributed by atoms with van der Waals surface area (Å²) in [5.41, 5.74) is 2.53. The average molecular weight is 339 g/mol. The fourth-order valence-corrected chi connectivity index (χ4v) is 3.18. The zero-order chi connectivity index (χ0) is 17.1. The molecule has 4 rings (SSSR count). The van der Waals surface area contributed by atoms with E-state index in [1.54, 1.807) is 12.5 Å². The van der Waals surface area contributed by atoms with Crippen LogP contribution in [0.15, 0.2) is 43.0 Å². The molecule has 3 aromatic rings. The molecule has 0 aliphatic carbocycles. The number of carbonyl (C=O) groups excluding carboxylic acids is 1. The highest BCUT2D eigenvalue weighted by Gasteiger charge is 2.15. The number of ether oxygens (including phenoxy) is 1. The average Bonchev–Trinajstić information content (AvgIpc) is 3.23. The molecule has 0 unspecified atom stereocenters. The van der Waals surface area contributed by atoms with Gasteiger partial charge in [-0.15, -0.1) is 0 Å². The first kappa shape index (κ1) is 15.8. The molecule has 1 fully saturated rings. The van der Waals surface area contributed by atoms with E-state index in [0.717, 1.165) is 37.0 Å². The Balaban J connectivity index is 1.36. The van der Waals surface area contributed by atoms with E-state index in [1.165, 1.54) is 6.42 Å². The lowest BCUT2D eigenvalue weighted by molar-refractivity contribution is -0.116. The second-order valence-electron chi connectivity index (χ2n) is 6.35. The molecule has 0 bridgehead atoms. The number of para-hydroxylation sites is 2. The molecule has 1 atom stereocenters. The molecule has 0 spiro atoms. The predicted molar refractivity (Wildman–Crippen MR) is 94.2 cm³/mol.